The highest BCUT2D eigenvalue weighted by Gasteiger charge is 2.36. The lowest BCUT2D eigenvalue weighted by Crippen LogP contribution is -2.43. The zero-order chi connectivity index (χ0) is 18.8. The number of halogens is 1. The summed E-state index contributed by atoms with van der Waals surface area (Å²) >= 11 is 1.37. The second-order valence-electron chi connectivity index (χ2n) is 6.74. The molecule has 3 N–H and O–H groups in total. The summed E-state index contributed by atoms with van der Waals surface area (Å²) in [6.45, 7) is 7.48. The summed E-state index contributed by atoms with van der Waals surface area (Å²) in [5.41, 5.74) is 2.77. The van der Waals surface area contributed by atoms with E-state index < -0.39 is 0 Å². The summed E-state index contributed by atoms with van der Waals surface area (Å²) in [7, 11) is 1.75. The standard InChI is InChI=1S/C18H31N5O2S.HI/c1-4-19-17(22-12-18(6-5-7-18)8-11-25-3)21-10-9-20-16(24)15-14(2)23-13-26-15;/h13H,4-12H2,1-3H3,(H,20,24)(H2,19,21,22);1H. The van der Waals surface area contributed by atoms with E-state index in [0.717, 1.165) is 37.8 Å². The topological polar surface area (TPSA) is 87.6 Å². The van der Waals surface area contributed by atoms with Crippen molar-refractivity contribution in [1.82, 2.24) is 20.9 Å². The molecule has 1 fully saturated rings. The summed E-state index contributed by atoms with van der Waals surface area (Å²) in [6.07, 6.45) is 4.80. The highest BCUT2D eigenvalue weighted by Crippen LogP contribution is 2.44. The van der Waals surface area contributed by atoms with Crippen LogP contribution in [0.4, 0.5) is 0 Å². The van der Waals surface area contributed by atoms with E-state index in [1.54, 1.807) is 12.6 Å². The Morgan fingerprint density at radius 3 is 2.63 bits per heavy atom. The van der Waals surface area contributed by atoms with Crippen LogP contribution in [-0.4, -0.2) is 56.7 Å². The monoisotopic (exact) mass is 509 g/mol. The van der Waals surface area contributed by atoms with Gasteiger partial charge in [0.2, 0.25) is 0 Å². The molecular weight excluding hydrogens is 477 g/mol. The third-order valence-corrected chi connectivity index (χ3v) is 5.75. The Kier molecular flexibility index (Phi) is 11.2. The van der Waals surface area contributed by atoms with Gasteiger partial charge in [-0.3, -0.25) is 9.79 Å². The smallest absolute Gasteiger partial charge is 0.263 e. The number of thiazole rings is 1. The third-order valence-electron chi connectivity index (χ3n) is 4.82. The molecule has 0 spiro atoms. The van der Waals surface area contributed by atoms with Gasteiger partial charge in [-0.2, -0.15) is 0 Å². The Balaban J connectivity index is 0.00000364. The molecule has 0 saturated heterocycles. The molecule has 0 atom stereocenters. The lowest BCUT2D eigenvalue weighted by atomic mass is 9.67. The molecule has 2 rings (SSSR count). The number of nitrogens with zero attached hydrogens (tertiary/aromatic N) is 2. The van der Waals surface area contributed by atoms with Gasteiger partial charge in [-0.15, -0.1) is 35.3 Å². The molecule has 1 aromatic heterocycles. The van der Waals surface area contributed by atoms with Crippen LogP contribution in [-0.2, 0) is 4.74 Å². The van der Waals surface area contributed by atoms with Crippen LogP contribution in [0, 0.1) is 12.3 Å². The molecule has 1 aliphatic rings. The minimum atomic E-state index is -0.0678. The van der Waals surface area contributed by atoms with Crippen LogP contribution in [0.25, 0.3) is 0 Å². The maximum atomic E-state index is 12.1. The molecule has 9 heteroatoms. The number of hydrogen-bond donors (Lipinski definition) is 3. The molecule has 1 saturated carbocycles. The number of amides is 1. The molecular formula is C18H32IN5O2S. The first-order valence-corrected chi connectivity index (χ1v) is 10.2. The van der Waals surface area contributed by atoms with Crippen LogP contribution in [0.5, 0.6) is 0 Å². The fourth-order valence-corrected chi connectivity index (χ4v) is 3.75. The first-order valence-electron chi connectivity index (χ1n) is 9.29. The average Bonchev–Trinajstić information content (AvgIpc) is 3.03. The molecule has 7 nitrogen and oxygen atoms in total. The largest absolute Gasteiger partial charge is 0.385 e. The number of hydrogen-bond acceptors (Lipinski definition) is 5. The maximum Gasteiger partial charge on any atom is 0.263 e. The molecule has 0 aliphatic heterocycles. The normalized spacial score (nSPS) is 15.4. The highest BCUT2D eigenvalue weighted by molar-refractivity contribution is 14.0. The van der Waals surface area contributed by atoms with Crippen LogP contribution >= 0.6 is 35.3 Å². The lowest BCUT2D eigenvalue weighted by molar-refractivity contribution is 0.0778. The van der Waals surface area contributed by atoms with Gasteiger partial charge in [-0.05, 0) is 38.5 Å². The van der Waals surface area contributed by atoms with Crippen molar-refractivity contribution in [1.29, 1.82) is 0 Å². The number of carbonyl (C=O) groups excluding carboxylic acids is 1. The second-order valence-corrected chi connectivity index (χ2v) is 7.60. The van der Waals surface area contributed by atoms with E-state index in [0.29, 0.717) is 23.4 Å². The summed E-state index contributed by atoms with van der Waals surface area (Å²) in [4.78, 5) is 21.6. The predicted octanol–water partition coefficient (Wildman–Crippen LogP) is 2.56. The molecule has 27 heavy (non-hydrogen) atoms. The molecule has 0 aromatic carbocycles. The zero-order valence-electron chi connectivity index (χ0n) is 16.5. The number of aromatic nitrogens is 1. The van der Waals surface area contributed by atoms with Crippen molar-refractivity contribution in [2.45, 2.75) is 39.5 Å². The first-order chi connectivity index (χ1) is 12.6. The van der Waals surface area contributed by atoms with Gasteiger partial charge in [0, 0.05) is 39.9 Å². The van der Waals surface area contributed by atoms with Gasteiger partial charge in [0.1, 0.15) is 4.88 Å². The summed E-state index contributed by atoms with van der Waals surface area (Å²) in [6, 6.07) is 0. The SMILES string of the molecule is CCNC(=NCC1(CCOC)CCC1)NCCNC(=O)c1scnc1C.I. The van der Waals surface area contributed by atoms with Gasteiger partial charge in [0.05, 0.1) is 11.2 Å². The minimum Gasteiger partial charge on any atom is -0.385 e. The van der Waals surface area contributed by atoms with Crippen molar-refractivity contribution in [2.75, 3.05) is 39.9 Å². The molecule has 1 amide bonds. The Labute approximate surface area is 183 Å². The molecule has 0 radical (unpaired) electrons. The molecule has 154 valence electrons. The summed E-state index contributed by atoms with van der Waals surface area (Å²) in [5, 5.41) is 9.48. The molecule has 1 aliphatic carbocycles. The van der Waals surface area contributed by atoms with Gasteiger partial charge in [0.25, 0.3) is 5.91 Å². The fraction of sp³-hybridized carbons (Fsp3) is 0.722. The van der Waals surface area contributed by atoms with E-state index in [1.807, 2.05) is 6.92 Å². The highest BCUT2D eigenvalue weighted by atomic mass is 127. The van der Waals surface area contributed by atoms with Crippen LogP contribution in [0.1, 0.15) is 48.0 Å². The van der Waals surface area contributed by atoms with E-state index >= 15 is 0 Å². The van der Waals surface area contributed by atoms with E-state index in [9.17, 15) is 4.79 Å². The van der Waals surface area contributed by atoms with Crippen LogP contribution in [0.15, 0.2) is 10.5 Å². The second kappa shape index (κ2) is 12.5. The van der Waals surface area contributed by atoms with E-state index in [-0.39, 0.29) is 29.9 Å². The van der Waals surface area contributed by atoms with Crippen LogP contribution in [0.2, 0.25) is 0 Å². The quantitative estimate of drug-likeness (QED) is 0.195. The Morgan fingerprint density at radius 2 is 2.07 bits per heavy atom. The Bertz CT molecular complexity index is 604. The Hall–Kier alpha value is -0.940. The fourth-order valence-electron chi connectivity index (χ4n) is 3.03. The van der Waals surface area contributed by atoms with E-state index in [2.05, 4.69) is 27.9 Å². The zero-order valence-corrected chi connectivity index (χ0v) is 19.6. The Morgan fingerprint density at radius 1 is 1.33 bits per heavy atom. The van der Waals surface area contributed by atoms with Gasteiger partial charge in [0.15, 0.2) is 5.96 Å². The number of nitrogens with one attached hydrogen (secondary N) is 3. The molecule has 1 heterocycles. The molecule has 0 bridgehead atoms. The number of ether oxygens (including phenoxy) is 1. The number of aliphatic imine (C=N–C) groups is 1. The predicted molar refractivity (Wildman–Crippen MR) is 121 cm³/mol. The number of methoxy groups -OCH3 is 1. The van der Waals surface area contributed by atoms with Crippen molar-refractivity contribution in [3.63, 3.8) is 0 Å². The molecule has 1 aromatic rings. The van der Waals surface area contributed by atoms with Gasteiger partial charge >= 0.3 is 0 Å². The summed E-state index contributed by atoms with van der Waals surface area (Å²) in [5.74, 6) is 0.737. The summed E-state index contributed by atoms with van der Waals surface area (Å²) < 4.78 is 5.24. The van der Waals surface area contributed by atoms with Crippen molar-refractivity contribution < 1.29 is 9.53 Å². The third kappa shape index (κ3) is 7.53. The van der Waals surface area contributed by atoms with Crippen molar-refractivity contribution in [2.24, 2.45) is 10.4 Å². The molecule has 0 unspecified atom stereocenters. The van der Waals surface area contributed by atoms with E-state index in [1.165, 1.54) is 30.6 Å². The van der Waals surface area contributed by atoms with Gasteiger partial charge in [-0.1, -0.05) is 6.42 Å². The number of guanidine groups is 1. The first kappa shape index (κ1) is 24.1. The number of aryl methyl sites for hydroxylation is 1. The lowest BCUT2D eigenvalue weighted by Gasteiger charge is -2.40. The van der Waals surface area contributed by atoms with Gasteiger partial charge < -0.3 is 20.7 Å². The van der Waals surface area contributed by atoms with Crippen molar-refractivity contribution in [3.8, 4) is 0 Å². The number of rotatable bonds is 10. The van der Waals surface area contributed by atoms with E-state index in [4.69, 9.17) is 9.73 Å². The number of carbonyl (C=O) groups is 1. The van der Waals surface area contributed by atoms with Crippen molar-refractivity contribution in [3.05, 3.63) is 16.1 Å². The van der Waals surface area contributed by atoms with Crippen LogP contribution < -0.4 is 16.0 Å². The van der Waals surface area contributed by atoms with Crippen LogP contribution in [0.3, 0.4) is 0 Å². The van der Waals surface area contributed by atoms with Gasteiger partial charge in [-0.25, -0.2) is 4.98 Å². The maximum absolute atomic E-state index is 12.1. The van der Waals surface area contributed by atoms with Crippen molar-refractivity contribution >= 4 is 47.2 Å². The minimum absolute atomic E-state index is 0. The average molecular weight is 509 g/mol.